The van der Waals surface area contributed by atoms with Crippen molar-refractivity contribution in [2.75, 3.05) is 5.32 Å². The Morgan fingerprint density at radius 1 is 1.09 bits per heavy atom. The van der Waals surface area contributed by atoms with Gasteiger partial charge in [-0.05, 0) is 18.6 Å². The summed E-state index contributed by atoms with van der Waals surface area (Å²) in [5.74, 6) is -0.964. The van der Waals surface area contributed by atoms with Gasteiger partial charge in [-0.25, -0.2) is 9.78 Å². The van der Waals surface area contributed by atoms with E-state index in [0.717, 1.165) is 28.2 Å². The van der Waals surface area contributed by atoms with Crippen molar-refractivity contribution in [3.63, 3.8) is 0 Å². The van der Waals surface area contributed by atoms with Gasteiger partial charge < -0.3 is 10.4 Å². The Labute approximate surface area is 132 Å². The summed E-state index contributed by atoms with van der Waals surface area (Å²) in [6, 6.07) is 17.2. The van der Waals surface area contributed by atoms with E-state index < -0.39 is 5.97 Å². The number of para-hydroxylation sites is 1. The highest BCUT2D eigenvalue weighted by Gasteiger charge is 2.18. The summed E-state index contributed by atoms with van der Waals surface area (Å²) < 4.78 is 0. The van der Waals surface area contributed by atoms with Gasteiger partial charge in [0.2, 0.25) is 0 Å². The molecule has 0 saturated heterocycles. The average molecular weight is 310 g/mol. The van der Waals surface area contributed by atoms with Crippen molar-refractivity contribution in [3.05, 3.63) is 65.0 Å². The number of nitrogens with one attached hydrogen (secondary N) is 1. The molecule has 0 atom stereocenters. The Balaban J connectivity index is 2.01. The Hall–Kier alpha value is -2.66. The number of aryl methyl sites for hydroxylation is 1. The van der Waals surface area contributed by atoms with Gasteiger partial charge in [-0.3, -0.25) is 0 Å². The Morgan fingerprint density at radius 3 is 2.45 bits per heavy atom. The molecule has 0 aliphatic carbocycles. The first-order valence-corrected chi connectivity index (χ1v) is 7.59. The van der Waals surface area contributed by atoms with Crippen molar-refractivity contribution in [2.24, 2.45) is 0 Å². The maximum Gasteiger partial charge on any atom is 0.348 e. The van der Waals surface area contributed by atoms with E-state index in [1.54, 1.807) is 0 Å². The number of rotatable bonds is 4. The summed E-state index contributed by atoms with van der Waals surface area (Å²) in [5.41, 5.74) is 3.30. The third-order valence-electron chi connectivity index (χ3n) is 3.26. The number of hydrogen-bond donors (Lipinski definition) is 2. The molecule has 0 aliphatic rings. The van der Waals surface area contributed by atoms with Crippen LogP contribution in [0.3, 0.4) is 0 Å². The second-order valence-electron chi connectivity index (χ2n) is 4.81. The normalized spacial score (nSPS) is 10.4. The molecule has 5 heteroatoms. The number of aromatic carboxylic acids is 1. The summed E-state index contributed by atoms with van der Waals surface area (Å²) >= 11 is 1.14. The van der Waals surface area contributed by atoms with Gasteiger partial charge in [-0.2, -0.15) is 0 Å². The van der Waals surface area contributed by atoms with Crippen molar-refractivity contribution in [3.8, 4) is 11.3 Å². The number of carboxylic acids is 1. The van der Waals surface area contributed by atoms with Gasteiger partial charge in [-0.15, -0.1) is 0 Å². The summed E-state index contributed by atoms with van der Waals surface area (Å²) in [6.45, 7) is 1.99. The molecule has 4 nitrogen and oxygen atoms in total. The van der Waals surface area contributed by atoms with Crippen LogP contribution in [0.1, 0.15) is 15.2 Å². The molecule has 0 spiro atoms. The monoisotopic (exact) mass is 310 g/mol. The molecule has 1 aromatic heterocycles. The maximum absolute atomic E-state index is 11.5. The predicted molar refractivity (Wildman–Crippen MR) is 89.0 cm³/mol. The molecule has 0 saturated carbocycles. The van der Waals surface area contributed by atoms with E-state index in [1.165, 1.54) is 0 Å². The molecular formula is C17H14N2O2S. The molecule has 0 unspecified atom stereocenters. The molecule has 0 bridgehead atoms. The highest BCUT2D eigenvalue weighted by atomic mass is 32.1. The third-order valence-corrected chi connectivity index (χ3v) is 4.21. The van der Waals surface area contributed by atoms with E-state index in [2.05, 4.69) is 10.3 Å². The van der Waals surface area contributed by atoms with Crippen LogP contribution in [-0.2, 0) is 0 Å². The first kappa shape index (κ1) is 14.3. The summed E-state index contributed by atoms with van der Waals surface area (Å²) in [5, 5.41) is 13.2. The lowest BCUT2D eigenvalue weighted by Gasteiger charge is -2.05. The SMILES string of the molecule is Cc1ccccc1Nc1nc(-c2ccccc2)c(C(=O)O)s1. The molecule has 0 aliphatic heterocycles. The molecular weight excluding hydrogens is 296 g/mol. The van der Waals surface area contributed by atoms with Crippen molar-refractivity contribution < 1.29 is 9.90 Å². The van der Waals surface area contributed by atoms with Gasteiger partial charge in [0.15, 0.2) is 5.13 Å². The molecule has 0 radical (unpaired) electrons. The molecule has 2 aromatic carbocycles. The zero-order valence-electron chi connectivity index (χ0n) is 11.9. The molecule has 3 rings (SSSR count). The number of thiazole rings is 1. The van der Waals surface area contributed by atoms with Crippen LogP contribution in [-0.4, -0.2) is 16.1 Å². The second-order valence-corrected chi connectivity index (χ2v) is 5.81. The van der Waals surface area contributed by atoms with E-state index in [9.17, 15) is 9.90 Å². The van der Waals surface area contributed by atoms with Crippen LogP contribution in [0.15, 0.2) is 54.6 Å². The zero-order chi connectivity index (χ0) is 15.5. The van der Waals surface area contributed by atoms with Crippen LogP contribution < -0.4 is 5.32 Å². The minimum Gasteiger partial charge on any atom is -0.477 e. The van der Waals surface area contributed by atoms with E-state index in [1.807, 2.05) is 61.5 Å². The number of aromatic nitrogens is 1. The van der Waals surface area contributed by atoms with Crippen molar-refractivity contribution in [2.45, 2.75) is 6.92 Å². The van der Waals surface area contributed by atoms with Gasteiger partial charge in [0, 0.05) is 11.3 Å². The number of carboxylic acid groups (broad SMARTS) is 1. The Bertz CT molecular complexity index is 813. The van der Waals surface area contributed by atoms with Crippen LogP contribution in [0.25, 0.3) is 11.3 Å². The van der Waals surface area contributed by atoms with E-state index in [0.29, 0.717) is 10.8 Å². The fraction of sp³-hybridized carbons (Fsp3) is 0.0588. The Kier molecular flexibility index (Phi) is 3.89. The van der Waals surface area contributed by atoms with Crippen molar-refractivity contribution in [1.82, 2.24) is 4.98 Å². The van der Waals surface area contributed by atoms with Gasteiger partial charge >= 0.3 is 5.97 Å². The fourth-order valence-electron chi connectivity index (χ4n) is 2.14. The van der Waals surface area contributed by atoms with Gasteiger partial charge in [0.25, 0.3) is 0 Å². The quantitative estimate of drug-likeness (QED) is 0.741. The standard InChI is InChI=1S/C17H14N2O2S/c1-11-7-5-6-10-13(11)18-17-19-14(15(22-17)16(20)21)12-8-3-2-4-9-12/h2-10H,1H3,(H,18,19)(H,20,21). The average Bonchev–Trinajstić information content (AvgIpc) is 2.95. The summed E-state index contributed by atoms with van der Waals surface area (Å²) in [6.07, 6.45) is 0. The fourth-order valence-corrected chi connectivity index (χ4v) is 2.98. The van der Waals surface area contributed by atoms with Crippen molar-refractivity contribution in [1.29, 1.82) is 0 Å². The van der Waals surface area contributed by atoms with Gasteiger partial charge in [0.1, 0.15) is 4.88 Å². The largest absolute Gasteiger partial charge is 0.477 e. The zero-order valence-corrected chi connectivity index (χ0v) is 12.7. The number of nitrogens with zero attached hydrogens (tertiary/aromatic N) is 1. The highest BCUT2D eigenvalue weighted by molar-refractivity contribution is 7.18. The van der Waals surface area contributed by atoms with Crippen LogP contribution in [0.4, 0.5) is 10.8 Å². The van der Waals surface area contributed by atoms with Gasteiger partial charge in [-0.1, -0.05) is 59.9 Å². The van der Waals surface area contributed by atoms with Crippen LogP contribution in [0.5, 0.6) is 0 Å². The van der Waals surface area contributed by atoms with Crippen LogP contribution >= 0.6 is 11.3 Å². The van der Waals surface area contributed by atoms with E-state index in [-0.39, 0.29) is 4.88 Å². The smallest absolute Gasteiger partial charge is 0.348 e. The molecule has 110 valence electrons. The maximum atomic E-state index is 11.5. The number of hydrogen-bond acceptors (Lipinski definition) is 4. The highest BCUT2D eigenvalue weighted by Crippen LogP contribution is 2.33. The minimum absolute atomic E-state index is 0.238. The lowest BCUT2D eigenvalue weighted by Crippen LogP contribution is -1.95. The molecule has 1 heterocycles. The van der Waals surface area contributed by atoms with Crippen molar-refractivity contribution >= 4 is 28.1 Å². The molecule has 0 amide bonds. The predicted octanol–water partition coefficient (Wildman–Crippen LogP) is 4.56. The molecule has 0 fully saturated rings. The van der Waals surface area contributed by atoms with Crippen LogP contribution in [0, 0.1) is 6.92 Å². The number of benzene rings is 2. The lowest BCUT2D eigenvalue weighted by molar-refractivity contribution is 0.0702. The minimum atomic E-state index is -0.964. The van der Waals surface area contributed by atoms with E-state index >= 15 is 0 Å². The number of anilines is 2. The lowest BCUT2D eigenvalue weighted by atomic mass is 10.1. The molecule has 3 aromatic rings. The first-order chi connectivity index (χ1) is 10.6. The topological polar surface area (TPSA) is 62.2 Å². The van der Waals surface area contributed by atoms with Crippen LogP contribution in [0.2, 0.25) is 0 Å². The van der Waals surface area contributed by atoms with Gasteiger partial charge in [0.05, 0.1) is 5.69 Å². The second kappa shape index (κ2) is 5.99. The summed E-state index contributed by atoms with van der Waals surface area (Å²) in [4.78, 5) is 16.2. The van der Waals surface area contributed by atoms with E-state index in [4.69, 9.17) is 0 Å². The molecule has 22 heavy (non-hydrogen) atoms. The molecule has 2 N–H and O–H groups in total. The summed E-state index contributed by atoms with van der Waals surface area (Å²) in [7, 11) is 0. The third kappa shape index (κ3) is 2.84. The first-order valence-electron chi connectivity index (χ1n) is 6.77. The number of carbonyl (C=O) groups is 1. The Morgan fingerprint density at radius 2 is 1.77 bits per heavy atom.